The number of amides is 1. The number of aliphatic hydroxyl groups is 1. The first kappa shape index (κ1) is 25.3. The minimum absolute atomic E-state index is 0.0268. The van der Waals surface area contributed by atoms with Gasteiger partial charge in [-0.2, -0.15) is 5.01 Å². The number of carbonyl (C=O) groups excluding carboxylic acids is 1. The lowest BCUT2D eigenvalue weighted by atomic mass is 9.89. The minimum atomic E-state index is -0.360. The fraction of sp³-hybridized carbons (Fsp3) is 0.679. The Kier molecular flexibility index (Phi) is 7.52. The number of rotatable bonds is 3. The van der Waals surface area contributed by atoms with Crippen LogP contribution in [0.25, 0.3) is 0 Å². The normalized spacial score (nSPS) is 36.9. The summed E-state index contributed by atoms with van der Waals surface area (Å²) < 4.78 is 0. The molecule has 5 aliphatic heterocycles. The maximum absolute atomic E-state index is 13.5. The highest BCUT2D eigenvalue weighted by Crippen LogP contribution is 2.33. The van der Waals surface area contributed by atoms with Gasteiger partial charge in [0.15, 0.2) is 0 Å². The lowest BCUT2D eigenvalue weighted by molar-refractivity contribution is -0.145. The highest BCUT2D eigenvalue weighted by molar-refractivity contribution is 5.82. The molecule has 0 saturated carbocycles. The van der Waals surface area contributed by atoms with E-state index in [1.807, 2.05) is 5.01 Å². The van der Waals surface area contributed by atoms with Crippen LogP contribution in [0.2, 0.25) is 0 Å². The Morgan fingerprint density at radius 1 is 1.00 bits per heavy atom. The number of aliphatic hydroxyl groups excluding tert-OH is 1. The molecule has 37 heavy (non-hydrogen) atoms. The number of anilines is 1. The molecular formula is C28H43N7O2. The molecule has 6 unspecified atom stereocenters. The molecule has 1 aromatic carbocycles. The van der Waals surface area contributed by atoms with E-state index in [9.17, 15) is 9.90 Å². The van der Waals surface area contributed by atoms with E-state index in [2.05, 4.69) is 74.6 Å². The number of allylic oxidation sites excluding steroid dienone is 1. The number of fused-ring (bicyclic) bond motifs is 6. The molecule has 5 aliphatic rings. The molecule has 4 fully saturated rings. The van der Waals surface area contributed by atoms with Gasteiger partial charge in [0.05, 0.1) is 30.9 Å². The van der Waals surface area contributed by atoms with Crippen LogP contribution in [0, 0.1) is 5.92 Å². The highest BCUT2D eigenvalue weighted by Gasteiger charge is 2.52. The Balaban J connectivity index is 1.15. The van der Waals surface area contributed by atoms with E-state index in [-0.39, 0.29) is 42.6 Å². The number of likely N-dealkylation sites (tertiary alicyclic amines) is 1. The van der Waals surface area contributed by atoms with Crippen LogP contribution in [0.3, 0.4) is 0 Å². The Morgan fingerprint density at radius 2 is 1.81 bits per heavy atom. The van der Waals surface area contributed by atoms with E-state index >= 15 is 0 Å². The predicted octanol–water partition coefficient (Wildman–Crippen LogP) is 1.56. The number of benzene rings is 1. The summed E-state index contributed by atoms with van der Waals surface area (Å²) in [5.41, 5.74) is 2.50. The Bertz CT molecular complexity index is 964. The molecule has 5 heterocycles. The van der Waals surface area contributed by atoms with Crippen LogP contribution in [0.5, 0.6) is 0 Å². The van der Waals surface area contributed by atoms with Crippen molar-refractivity contribution in [2.75, 3.05) is 38.5 Å². The third kappa shape index (κ3) is 5.30. The maximum atomic E-state index is 13.5. The lowest BCUT2D eigenvalue weighted by Gasteiger charge is -2.45. The van der Waals surface area contributed by atoms with Crippen molar-refractivity contribution in [1.29, 1.82) is 0 Å². The third-order valence-electron chi connectivity index (χ3n) is 9.06. The SMILES string of the molecule is CN1CCC(c2ccc(NC3NCC4C(=O)N5C/C=C\CCC(O)C6CCCC(N6)N5C4N3)cc2)CC1. The van der Waals surface area contributed by atoms with Gasteiger partial charge < -0.3 is 15.3 Å². The van der Waals surface area contributed by atoms with Gasteiger partial charge in [0.2, 0.25) is 5.91 Å². The largest absolute Gasteiger partial charge is 0.391 e. The summed E-state index contributed by atoms with van der Waals surface area (Å²) in [5.74, 6) is 0.670. The van der Waals surface area contributed by atoms with Crippen molar-refractivity contribution in [3.8, 4) is 0 Å². The number of nitrogens with one attached hydrogen (secondary N) is 4. The molecule has 6 rings (SSSR count). The van der Waals surface area contributed by atoms with Crippen molar-refractivity contribution in [3.63, 3.8) is 0 Å². The molecule has 0 aliphatic carbocycles. The fourth-order valence-electron chi connectivity index (χ4n) is 6.86. The molecule has 1 amide bonds. The summed E-state index contributed by atoms with van der Waals surface area (Å²) >= 11 is 0. The summed E-state index contributed by atoms with van der Waals surface area (Å²) in [4.78, 5) is 15.9. The van der Waals surface area contributed by atoms with Gasteiger partial charge in [-0.1, -0.05) is 24.3 Å². The Hall–Kier alpha value is -2.01. The molecule has 202 valence electrons. The van der Waals surface area contributed by atoms with Crippen molar-refractivity contribution < 1.29 is 9.90 Å². The zero-order valence-corrected chi connectivity index (χ0v) is 22.0. The topological polar surface area (TPSA) is 95.1 Å². The standard InChI is InChI=1S/C28H43N7O2/c1-33-16-13-20(14-17-33)19-9-11-21(12-10-19)30-28-29-18-22-26(32-28)35-25-8-5-6-23(31-25)24(36)7-3-2-4-15-34(35)27(22)37/h2,4,9-12,20,22-26,28-32,36H,3,5-8,13-18H2,1H3/b4-2-. The summed E-state index contributed by atoms with van der Waals surface area (Å²) in [7, 11) is 2.20. The third-order valence-corrected chi connectivity index (χ3v) is 9.06. The van der Waals surface area contributed by atoms with E-state index in [1.165, 1.54) is 31.5 Å². The molecular weight excluding hydrogens is 466 g/mol. The Labute approximate surface area is 220 Å². The van der Waals surface area contributed by atoms with E-state index in [1.54, 1.807) is 0 Å². The summed E-state index contributed by atoms with van der Waals surface area (Å²) in [6, 6.07) is 8.97. The van der Waals surface area contributed by atoms with E-state index in [4.69, 9.17) is 0 Å². The average Bonchev–Trinajstić information content (AvgIpc) is 3.19. The summed E-state index contributed by atoms with van der Waals surface area (Å²) in [5, 5.41) is 29.4. The zero-order chi connectivity index (χ0) is 25.4. The lowest BCUT2D eigenvalue weighted by Crippen LogP contribution is -2.68. The molecule has 0 spiro atoms. The molecule has 2 bridgehead atoms. The number of nitrogens with zero attached hydrogens (tertiary/aromatic N) is 3. The molecule has 9 heteroatoms. The van der Waals surface area contributed by atoms with Gasteiger partial charge in [-0.3, -0.25) is 25.8 Å². The van der Waals surface area contributed by atoms with Crippen LogP contribution >= 0.6 is 0 Å². The van der Waals surface area contributed by atoms with Crippen LogP contribution < -0.4 is 21.3 Å². The van der Waals surface area contributed by atoms with Crippen LogP contribution in [0.1, 0.15) is 56.4 Å². The second-order valence-corrected chi connectivity index (χ2v) is 11.5. The van der Waals surface area contributed by atoms with Gasteiger partial charge in [0.25, 0.3) is 0 Å². The first-order chi connectivity index (χ1) is 18.1. The molecule has 0 radical (unpaired) electrons. The number of carbonyl (C=O) groups is 1. The highest BCUT2D eigenvalue weighted by atomic mass is 16.3. The first-order valence-corrected chi connectivity index (χ1v) is 14.3. The van der Waals surface area contributed by atoms with Gasteiger partial charge in [0, 0.05) is 18.3 Å². The van der Waals surface area contributed by atoms with Crippen molar-refractivity contribution in [2.45, 2.75) is 81.6 Å². The molecule has 6 atom stereocenters. The molecule has 4 saturated heterocycles. The number of piperidine rings is 2. The number of hydrazine groups is 1. The van der Waals surface area contributed by atoms with Gasteiger partial charge in [-0.05, 0) is 88.7 Å². The van der Waals surface area contributed by atoms with Gasteiger partial charge in [-0.25, -0.2) is 0 Å². The van der Waals surface area contributed by atoms with Crippen molar-refractivity contribution in [1.82, 2.24) is 30.9 Å². The van der Waals surface area contributed by atoms with Gasteiger partial charge in [0.1, 0.15) is 6.29 Å². The van der Waals surface area contributed by atoms with E-state index in [0.29, 0.717) is 19.0 Å². The smallest absolute Gasteiger partial charge is 0.244 e. The van der Waals surface area contributed by atoms with E-state index < -0.39 is 0 Å². The predicted molar refractivity (Wildman–Crippen MR) is 144 cm³/mol. The second kappa shape index (κ2) is 11.0. The average molecular weight is 510 g/mol. The molecule has 5 N–H and O–H groups in total. The second-order valence-electron chi connectivity index (χ2n) is 11.5. The van der Waals surface area contributed by atoms with Crippen molar-refractivity contribution >= 4 is 11.6 Å². The van der Waals surface area contributed by atoms with Crippen molar-refractivity contribution in [3.05, 3.63) is 42.0 Å². The minimum Gasteiger partial charge on any atom is -0.391 e. The zero-order valence-electron chi connectivity index (χ0n) is 22.0. The molecule has 9 nitrogen and oxygen atoms in total. The first-order valence-electron chi connectivity index (χ1n) is 14.3. The fourth-order valence-corrected chi connectivity index (χ4v) is 6.86. The molecule has 0 aromatic heterocycles. The quantitative estimate of drug-likeness (QED) is 0.392. The number of hydrogen-bond acceptors (Lipinski definition) is 8. The van der Waals surface area contributed by atoms with Gasteiger partial charge in [-0.15, -0.1) is 0 Å². The van der Waals surface area contributed by atoms with Crippen LogP contribution in [-0.2, 0) is 4.79 Å². The summed E-state index contributed by atoms with van der Waals surface area (Å²) in [6.45, 7) is 3.53. The monoisotopic (exact) mass is 509 g/mol. The van der Waals surface area contributed by atoms with E-state index in [0.717, 1.165) is 37.8 Å². The van der Waals surface area contributed by atoms with Crippen LogP contribution in [0.4, 0.5) is 5.69 Å². The van der Waals surface area contributed by atoms with Crippen LogP contribution in [0.15, 0.2) is 36.4 Å². The summed E-state index contributed by atoms with van der Waals surface area (Å²) in [6.07, 6.45) is 10.6. The molecule has 1 aromatic rings. The van der Waals surface area contributed by atoms with Crippen LogP contribution in [-0.4, -0.2) is 89.9 Å². The maximum Gasteiger partial charge on any atom is 0.244 e. The van der Waals surface area contributed by atoms with Crippen molar-refractivity contribution in [2.24, 2.45) is 5.92 Å². The number of hydrogen-bond donors (Lipinski definition) is 5. The Morgan fingerprint density at radius 3 is 2.62 bits per heavy atom. The van der Waals surface area contributed by atoms with Gasteiger partial charge >= 0.3 is 0 Å².